The molecule has 0 heterocycles. The standard InChI is InChI=1S/C45H85N2O6P/c1-6-8-10-12-14-16-18-19-20-21-22-23-24-25-26-27-29-31-33-35-37-39-45(49)46-43(42-53-54(50,51)52-41-40-47(3,4)5)44(48)38-36-34-32-30-28-17-15-13-11-9-7-2/h11,13,23-24,28,30,36,38,43-44,48H,6-10,12,14-22,25-27,29,31-35,37,39-42H2,1-5H3,(H-,46,49,50,51)/p+1/b13-11+,24-23-,30-28+,38-36+. The molecule has 3 N–H and O–H groups in total. The Bertz CT molecular complexity index is 1020. The summed E-state index contributed by atoms with van der Waals surface area (Å²) in [5, 5.41) is 13.7. The number of likely N-dealkylation sites (N-methyl/N-ethyl adjacent to an activating group) is 1. The summed E-state index contributed by atoms with van der Waals surface area (Å²) in [6.07, 6.45) is 46.2. The van der Waals surface area contributed by atoms with E-state index in [-0.39, 0.29) is 19.1 Å². The lowest BCUT2D eigenvalue weighted by Gasteiger charge is -2.25. The Morgan fingerprint density at radius 2 is 1.06 bits per heavy atom. The van der Waals surface area contributed by atoms with Crippen molar-refractivity contribution in [2.45, 2.75) is 193 Å². The van der Waals surface area contributed by atoms with E-state index in [0.717, 1.165) is 51.4 Å². The zero-order chi connectivity index (χ0) is 40.0. The highest BCUT2D eigenvalue weighted by molar-refractivity contribution is 7.47. The zero-order valence-electron chi connectivity index (χ0n) is 35.7. The number of unbranched alkanes of at least 4 members (excludes halogenated alkanes) is 20. The van der Waals surface area contributed by atoms with Crippen LogP contribution in [0.15, 0.2) is 48.6 Å². The molecule has 316 valence electrons. The number of carbonyl (C=O) groups is 1. The van der Waals surface area contributed by atoms with Crippen molar-refractivity contribution in [3.8, 4) is 0 Å². The normalized spacial score (nSPS) is 14.9. The van der Waals surface area contributed by atoms with Crippen LogP contribution in [0.2, 0.25) is 0 Å². The van der Waals surface area contributed by atoms with Gasteiger partial charge < -0.3 is 19.8 Å². The van der Waals surface area contributed by atoms with E-state index in [9.17, 15) is 19.4 Å². The van der Waals surface area contributed by atoms with Gasteiger partial charge in [-0.25, -0.2) is 4.57 Å². The molecule has 0 aliphatic heterocycles. The van der Waals surface area contributed by atoms with E-state index in [1.165, 1.54) is 109 Å². The largest absolute Gasteiger partial charge is 0.472 e. The van der Waals surface area contributed by atoms with Crippen molar-refractivity contribution in [3.63, 3.8) is 0 Å². The van der Waals surface area contributed by atoms with E-state index in [4.69, 9.17) is 9.05 Å². The Morgan fingerprint density at radius 1 is 0.611 bits per heavy atom. The first-order chi connectivity index (χ1) is 26.0. The number of hydrogen-bond acceptors (Lipinski definition) is 5. The number of amides is 1. The van der Waals surface area contributed by atoms with Crippen molar-refractivity contribution in [3.05, 3.63) is 48.6 Å². The summed E-state index contributed by atoms with van der Waals surface area (Å²) in [5.74, 6) is -0.199. The van der Waals surface area contributed by atoms with E-state index in [1.807, 2.05) is 27.2 Å². The quantitative estimate of drug-likeness (QED) is 0.0248. The van der Waals surface area contributed by atoms with E-state index in [1.54, 1.807) is 6.08 Å². The molecule has 0 radical (unpaired) electrons. The van der Waals surface area contributed by atoms with Gasteiger partial charge in [0.15, 0.2) is 0 Å². The number of nitrogens with zero attached hydrogens (tertiary/aromatic N) is 1. The maximum absolute atomic E-state index is 12.8. The van der Waals surface area contributed by atoms with Crippen molar-refractivity contribution in [1.29, 1.82) is 0 Å². The fourth-order valence-corrected chi connectivity index (χ4v) is 6.69. The van der Waals surface area contributed by atoms with E-state index in [0.29, 0.717) is 17.4 Å². The molecule has 3 atom stereocenters. The maximum atomic E-state index is 12.8. The van der Waals surface area contributed by atoms with Crippen LogP contribution in [-0.4, -0.2) is 73.4 Å². The number of carbonyl (C=O) groups excluding carboxylic acids is 1. The highest BCUT2D eigenvalue weighted by atomic mass is 31.2. The number of phosphoric ester groups is 1. The molecule has 0 aliphatic rings. The SMILES string of the molecule is CCC/C=C/CC/C=C/CC/C=C/C(O)C(COP(=O)(O)OCC[N+](C)(C)C)NC(=O)CCCCCCCCC/C=C\CCCCCCCCCCCC. The number of aliphatic hydroxyl groups is 1. The Kier molecular flexibility index (Phi) is 36.0. The molecule has 0 aromatic heterocycles. The molecular weight excluding hydrogens is 695 g/mol. The van der Waals surface area contributed by atoms with Crippen LogP contribution in [0.1, 0.15) is 181 Å². The molecule has 8 nitrogen and oxygen atoms in total. The molecule has 0 bridgehead atoms. The second-order valence-electron chi connectivity index (χ2n) is 16.0. The molecule has 3 unspecified atom stereocenters. The second kappa shape index (κ2) is 37.1. The van der Waals surface area contributed by atoms with Gasteiger partial charge in [-0.05, 0) is 64.2 Å². The summed E-state index contributed by atoms with van der Waals surface area (Å²) in [5.41, 5.74) is 0. The number of aliphatic hydroxyl groups excluding tert-OH is 1. The molecule has 0 aliphatic carbocycles. The number of hydrogen-bond donors (Lipinski definition) is 3. The smallest absolute Gasteiger partial charge is 0.387 e. The summed E-state index contributed by atoms with van der Waals surface area (Å²) in [4.78, 5) is 23.1. The van der Waals surface area contributed by atoms with Crippen molar-refractivity contribution in [2.75, 3.05) is 40.9 Å². The van der Waals surface area contributed by atoms with Gasteiger partial charge in [-0.1, -0.05) is 159 Å². The zero-order valence-corrected chi connectivity index (χ0v) is 36.6. The van der Waals surface area contributed by atoms with E-state index >= 15 is 0 Å². The first kappa shape index (κ1) is 52.5. The first-order valence-corrected chi connectivity index (χ1v) is 23.5. The monoisotopic (exact) mass is 782 g/mol. The summed E-state index contributed by atoms with van der Waals surface area (Å²) >= 11 is 0. The maximum Gasteiger partial charge on any atom is 0.472 e. The van der Waals surface area contributed by atoms with Crippen LogP contribution in [0.4, 0.5) is 0 Å². The molecule has 0 fully saturated rings. The topological polar surface area (TPSA) is 105 Å². The molecule has 0 saturated heterocycles. The number of phosphoric acid groups is 1. The third kappa shape index (κ3) is 38.7. The number of quaternary nitrogens is 1. The Labute approximate surface area is 333 Å². The van der Waals surface area contributed by atoms with E-state index < -0.39 is 20.0 Å². The minimum atomic E-state index is -4.35. The van der Waals surface area contributed by atoms with Gasteiger partial charge in [-0.3, -0.25) is 13.8 Å². The highest BCUT2D eigenvalue weighted by Crippen LogP contribution is 2.43. The summed E-state index contributed by atoms with van der Waals surface area (Å²) in [6, 6.07) is -0.870. The predicted octanol–water partition coefficient (Wildman–Crippen LogP) is 12.1. The van der Waals surface area contributed by atoms with Gasteiger partial charge in [-0.2, -0.15) is 0 Å². The summed E-state index contributed by atoms with van der Waals surface area (Å²) < 4.78 is 23.5. The third-order valence-electron chi connectivity index (χ3n) is 9.48. The fraction of sp³-hybridized carbons (Fsp3) is 0.800. The van der Waals surface area contributed by atoms with E-state index in [2.05, 4.69) is 55.6 Å². The number of nitrogens with one attached hydrogen (secondary N) is 1. The van der Waals surface area contributed by atoms with Crippen molar-refractivity contribution < 1.29 is 32.9 Å². The van der Waals surface area contributed by atoms with Gasteiger partial charge in [-0.15, -0.1) is 0 Å². The summed E-state index contributed by atoms with van der Waals surface area (Å²) in [6.45, 7) is 4.69. The average molecular weight is 782 g/mol. The highest BCUT2D eigenvalue weighted by Gasteiger charge is 2.27. The molecule has 9 heteroatoms. The van der Waals surface area contributed by atoms with Gasteiger partial charge in [0.1, 0.15) is 13.2 Å². The number of allylic oxidation sites excluding steroid dienone is 7. The Hall–Kier alpha value is -1.54. The summed E-state index contributed by atoms with van der Waals surface area (Å²) in [7, 11) is 1.54. The van der Waals surface area contributed by atoms with Crippen molar-refractivity contribution in [1.82, 2.24) is 5.32 Å². The van der Waals surface area contributed by atoms with Gasteiger partial charge in [0.25, 0.3) is 0 Å². The van der Waals surface area contributed by atoms with Crippen LogP contribution in [0.5, 0.6) is 0 Å². The predicted molar refractivity (Wildman–Crippen MR) is 231 cm³/mol. The van der Waals surface area contributed by atoms with Crippen LogP contribution in [0.25, 0.3) is 0 Å². The van der Waals surface area contributed by atoms with Gasteiger partial charge in [0, 0.05) is 6.42 Å². The molecule has 0 aromatic carbocycles. The molecule has 0 saturated carbocycles. The molecule has 1 amide bonds. The third-order valence-corrected chi connectivity index (χ3v) is 10.5. The van der Waals surface area contributed by atoms with Crippen LogP contribution >= 0.6 is 7.82 Å². The van der Waals surface area contributed by atoms with Gasteiger partial charge >= 0.3 is 7.82 Å². The van der Waals surface area contributed by atoms with Gasteiger partial charge in [0.05, 0.1) is 39.9 Å². The molecule has 0 rings (SSSR count). The fourth-order valence-electron chi connectivity index (χ4n) is 5.96. The molecule has 0 aromatic rings. The minimum Gasteiger partial charge on any atom is -0.387 e. The Morgan fingerprint density at radius 3 is 1.56 bits per heavy atom. The van der Waals surface area contributed by atoms with Crippen molar-refractivity contribution >= 4 is 13.7 Å². The molecule has 0 spiro atoms. The average Bonchev–Trinajstić information content (AvgIpc) is 3.12. The minimum absolute atomic E-state index is 0.0514. The Balaban J connectivity index is 4.36. The molecular formula is C45H86N2O6P+. The lowest BCUT2D eigenvalue weighted by atomic mass is 10.1. The van der Waals surface area contributed by atoms with Crippen molar-refractivity contribution in [2.24, 2.45) is 0 Å². The van der Waals surface area contributed by atoms with Crippen LogP contribution in [0.3, 0.4) is 0 Å². The number of rotatable bonds is 39. The lowest BCUT2D eigenvalue weighted by Crippen LogP contribution is -2.45. The van der Waals surface area contributed by atoms with Gasteiger partial charge in [0.2, 0.25) is 5.91 Å². The molecule has 54 heavy (non-hydrogen) atoms. The first-order valence-electron chi connectivity index (χ1n) is 22.0. The van der Waals surface area contributed by atoms with Crippen LogP contribution in [-0.2, 0) is 18.4 Å². The second-order valence-corrected chi connectivity index (χ2v) is 17.5. The van der Waals surface area contributed by atoms with Crippen LogP contribution in [0, 0.1) is 0 Å². The lowest BCUT2D eigenvalue weighted by molar-refractivity contribution is -0.870. The van der Waals surface area contributed by atoms with Crippen LogP contribution < -0.4 is 5.32 Å².